The lowest BCUT2D eigenvalue weighted by Gasteiger charge is -2.09. The Morgan fingerprint density at radius 1 is 1.74 bits per heavy atom. The second-order valence-corrected chi connectivity index (χ2v) is 4.71. The Morgan fingerprint density at radius 3 is 2.95 bits per heavy atom. The summed E-state index contributed by atoms with van der Waals surface area (Å²) in [6.07, 6.45) is 2.12. The van der Waals surface area contributed by atoms with Crippen molar-refractivity contribution >= 4 is 27.7 Å². The van der Waals surface area contributed by atoms with Gasteiger partial charge in [0.05, 0.1) is 11.3 Å². The zero-order chi connectivity index (χ0) is 14.4. The van der Waals surface area contributed by atoms with Crippen LogP contribution in [0.25, 0.3) is 0 Å². The van der Waals surface area contributed by atoms with E-state index in [1.165, 1.54) is 10.9 Å². The standard InChI is InChI=1S/C10H15BrN4O4/c1-7(10(16)12-4-3-5-19-2)14-6-8(11)9(13-14)15(17)18/h6-7H,3-5H2,1-2H3,(H,12,16). The molecule has 1 N–H and O–H groups in total. The Bertz CT molecular complexity index is 462. The van der Waals surface area contributed by atoms with Gasteiger partial charge in [-0.3, -0.25) is 4.79 Å². The number of ether oxygens (including phenoxy) is 1. The fourth-order valence-electron chi connectivity index (χ4n) is 1.38. The average Bonchev–Trinajstić information content (AvgIpc) is 2.75. The molecule has 0 saturated carbocycles. The van der Waals surface area contributed by atoms with E-state index in [-0.39, 0.29) is 16.2 Å². The van der Waals surface area contributed by atoms with Crippen LogP contribution in [0.3, 0.4) is 0 Å². The van der Waals surface area contributed by atoms with Crippen molar-refractivity contribution in [2.45, 2.75) is 19.4 Å². The Morgan fingerprint density at radius 2 is 2.42 bits per heavy atom. The number of nitro groups is 1. The third-order valence-electron chi connectivity index (χ3n) is 2.44. The van der Waals surface area contributed by atoms with Gasteiger partial charge in [0, 0.05) is 20.3 Å². The molecular formula is C10H15BrN4O4. The number of amides is 1. The smallest absolute Gasteiger partial charge is 0.385 e. The predicted molar refractivity (Wildman–Crippen MR) is 70.8 cm³/mol. The van der Waals surface area contributed by atoms with Crippen LogP contribution in [0.4, 0.5) is 5.82 Å². The monoisotopic (exact) mass is 334 g/mol. The fraction of sp³-hybridized carbons (Fsp3) is 0.600. The SMILES string of the molecule is COCCCNC(=O)C(C)n1cc(Br)c([N+](=O)[O-])n1. The summed E-state index contributed by atoms with van der Waals surface area (Å²) in [4.78, 5) is 21.8. The Balaban J connectivity index is 2.61. The number of nitrogens with one attached hydrogen (secondary N) is 1. The third kappa shape index (κ3) is 4.28. The minimum atomic E-state index is -0.618. The van der Waals surface area contributed by atoms with Crippen LogP contribution in [-0.4, -0.2) is 40.9 Å². The van der Waals surface area contributed by atoms with Gasteiger partial charge in [0.1, 0.15) is 10.5 Å². The van der Waals surface area contributed by atoms with Gasteiger partial charge in [-0.2, -0.15) is 4.68 Å². The van der Waals surface area contributed by atoms with E-state index in [0.717, 1.165) is 0 Å². The highest BCUT2D eigenvalue weighted by molar-refractivity contribution is 9.10. The molecule has 0 radical (unpaired) electrons. The van der Waals surface area contributed by atoms with Crippen LogP contribution in [0, 0.1) is 10.1 Å². The fourth-order valence-corrected chi connectivity index (χ4v) is 1.81. The summed E-state index contributed by atoms with van der Waals surface area (Å²) in [5, 5.41) is 17.1. The van der Waals surface area contributed by atoms with E-state index in [2.05, 4.69) is 26.3 Å². The van der Waals surface area contributed by atoms with Crippen LogP contribution in [-0.2, 0) is 9.53 Å². The Kier molecular flexibility index (Phi) is 5.90. The van der Waals surface area contributed by atoms with Crippen LogP contribution in [0.2, 0.25) is 0 Å². The lowest BCUT2D eigenvalue weighted by molar-refractivity contribution is -0.390. The van der Waals surface area contributed by atoms with Gasteiger partial charge >= 0.3 is 5.82 Å². The number of hydrogen-bond donors (Lipinski definition) is 1. The zero-order valence-corrected chi connectivity index (χ0v) is 12.2. The predicted octanol–water partition coefficient (Wildman–Crippen LogP) is 1.27. The topological polar surface area (TPSA) is 99.3 Å². The molecule has 1 heterocycles. The van der Waals surface area contributed by atoms with E-state index in [1.807, 2.05) is 0 Å². The minimum absolute atomic E-state index is 0.247. The largest absolute Gasteiger partial charge is 0.404 e. The molecule has 1 aromatic rings. The summed E-state index contributed by atoms with van der Waals surface area (Å²) in [7, 11) is 1.59. The highest BCUT2D eigenvalue weighted by Gasteiger charge is 2.24. The highest BCUT2D eigenvalue weighted by atomic mass is 79.9. The summed E-state index contributed by atoms with van der Waals surface area (Å²) < 4.78 is 6.37. The molecule has 0 spiro atoms. The summed E-state index contributed by atoms with van der Waals surface area (Å²) in [5.74, 6) is -0.556. The maximum atomic E-state index is 11.8. The second-order valence-electron chi connectivity index (χ2n) is 3.85. The first-order valence-electron chi connectivity index (χ1n) is 5.63. The molecule has 19 heavy (non-hydrogen) atoms. The molecule has 1 amide bonds. The summed E-state index contributed by atoms with van der Waals surface area (Å²) in [5.41, 5.74) is 0. The van der Waals surface area contributed by atoms with Crippen LogP contribution in [0.5, 0.6) is 0 Å². The average molecular weight is 335 g/mol. The van der Waals surface area contributed by atoms with Gasteiger partial charge in [-0.15, -0.1) is 0 Å². The van der Waals surface area contributed by atoms with Crippen LogP contribution in [0.15, 0.2) is 10.7 Å². The van der Waals surface area contributed by atoms with Crippen molar-refractivity contribution in [1.82, 2.24) is 15.1 Å². The van der Waals surface area contributed by atoms with Gasteiger partial charge in [0.2, 0.25) is 5.91 Å². The Labute approximate surface area is 118 Å². The zero-order valence-electron chi connectivity index (χ0n) is 10.6. The lowest BCUT2D eigenvalue weighted by Crippen LogP contribution is -2.32. The Hall–Kier alpha value is -1.48. The van der Waals surface area contributed by atoms with E-state index < -0.39 is 11.0 Å². The third-order valence-corrected chi connectivity index (χ3v) is 3.00. The molecule has 1 unspecified atom stereocenters. The first-order valence-corrected chi connectivity index (χ1v) is 6.42. The van der Waals surface area contributed by atoms with E-state index >= 15 is 0 Å². The molecule has 9 heteroatoms. The molecule has 0 saturated heterocycles. The van der Waals surface area contributed by atoms with Crippen molar-refractivity contribution in [2.24, 2.45) is 0 Å². The number of carbonyl (C=O) groups is 1. The first-order chi connectivity index (χ1) is 8.97. The molecule has 0 fully saturated rings. The van der Waals surface area contributed by atoms with E-state index in [1.54, 1.807) is 14.0 Å². The lowest BCUT2D eigenvalue weighted by atomic mass is 10.3. The number of carbonyl (C=O) groups excluding carboxylic acids is 1. The van der Waals surface area contributed by atoms with Gasteiger partial charge in [-0.25, -0.2) is 0 Å². The summed E-state index contributed by atoms with van der Waals surface area (Å²) >= 11 is 3.04. The van der Waals surface area contributed by atoms with Gasteiger partial charge in [0.15, 0.2) is 0 Å². The van der Waals surface area contributed by atoms with Crippen molar-refractivity contribution in [1.29, 1.82) is 0 Å². The number of aromatic nitrogens is 2. The van der Waals surface area contributed by atoms with Crippen molar-refractivity contribution in [3.8, 4) is 0 Å². The van der Waals surface area contributed by atoms with Crippen molar-refractivity contribution in [2.75, 3.05) is 20.3 Å². The number of nitrogens with zero attached hydrogens (tertiary/aromatic N) is 3. The molecule has 0 aliphatic rings. The minimum Gasteiger partial charge on any atom is -0.385 e. The molecule has 1 rings (SSSR count). The number of hydrogen-bond acceptors (Lipinski definition) is 5. The van der Waals surface area contributed by atoms with Crippen molar-refractivity contribution < 1.29 is 14.5 Å². The van der Waals surface area contributed by atoms with Crippen LogP contribution < -0.4 is 5.32 Å². The normalized spacial score (nSPS) is 12.2. The number of methoxy groups -OCH3 is 1. The quantitative estimate of drug-likeness (QED) is 0.459. The van der Waals surface area contributed by atoms with E-state index in [9.17, 15) is 14.9 Å². The van der Waals surface area contributed by atoms with Gasteiger partial charge in [0.25, 0.3) is 0 Å². The number of rotatable bonds is 7. The summed E-state index contributed by atoms with van der Waals surface area (Å²) in [6, 6.07) is -0.618. The van der Waals surface area contributed by atoms with Gasteiger partial charge in [-0.05, 0) is 34.2 Å². The second kappa shape index (κ2) is 7.19. The van der Waals surface area contributed by atoms with Crippen LogP contribution >= 0.6 is 15.9 Å². The molecule has 1 atom stereocenters. The van der Waals surface area contributed by atoms with E-state index in [0.29, 0.717) is 19.6 Å². The van der Waals surface area contributed by atoms with Crippen molar-refractivity contribution in [3.05, 3.63) is 20.8 Å². The molecule has 0 aromatic carbocycles. The van der Waals surface area contributed by atoms with Crippen LogP contribution in [0.1, 0.15) is 19.4 Å². The van der Waals surface area contributed by atoms with Crippen molar-refractivity contribution in [3.63, 3.8) is 0 Å². The number of halogens is 1. The molecule has 8 nitrogen and oxygen atoms in total. The maximum absolute atomic E-state index is 11.8. The molecule has 0 aliphatic heterocycles. The summed E-state index contributed by atoms with van der Waals surface area (Å²) in [6.45, 7) is 2.67. The van der Waals surface area contributed by atoms with Gasteiger partial charge in [-0.1, -0.05) is 0 Å². The molecule has 1 aromatic heterocycles. The first kappa shape index (κ1) is 15.6. The maximum Gasteiger partial charge on any atom is 0.404 e. The molecular weight excluding hydrogens is 320 g/mol. The molecule has 0 bridgehead atoms. The van der Waals surface area contributed by atoms with Gasteiger partial charge < -0.3 is 20.2 Å². The molecule has 0 aliphatic carbocycles. The highest BCUT2D eigenvalue weighted by Crippen LogP contribution is 2.23. The van der Waals surface area contributed by atoms with E-state index in [4.69, 9.17) is 4.74 Å². The molecule has 106 valence electrons.